The minimum Gasteiger partial charge on any atom is -0.441 e. The van der Waals surface area contributed by atoms with Crippen LogP contribution in [0.4, 0.5) is 0 Å². The quantitative estimate of drug-likeness (QED) is 0.501. The third-order valence-corrected chi connectivity index (χ3v) is 7.36. The van der Waals surface area contributed by atoms with Crippen molar-refractivity contribution in [3.05, 3.63) is 40.7 Å². The van der Waals surface area contributed by atoms with Crippen LogP contribution in [0.1, 0.15) is 43.6 Å². The van der Waals surface area contributed by atoms with Gasteiger partial charge in [0.2, 0.25) is 5.89 Å². The second kappa shape index (κ2) is 11.6. The summed E-state index contributed by atoms with van der Waals surface area (Å²) in [4.78, 5) is 24.8. The zero-order chi connectivity index (χ0) is 23.2. The molecule has 4 rings (SSSR count). The maximum atomic E-state index is 12.7. The number of halogens is 1. The molecule has 2 aliphatic rings. The van der Waals surface area contributed by atoms with Crippen LogP contribution in [0.25, 0.3) is 11.5 Å². The predicted molar refractivity (Wildman–Crippen MR) is 132 cm³/mol. The van der Waals surface area contributed by atoms with Gasteiger partial charge in [-0.1, -0.05) is 17.7 Å². The Morgan fingerprint density at radius 2 is 1.85 bits per heavy atom. The first-order valence-corrected chi connectivity index (χ1v) is 12.7. The number of aromatic nitrogens is 1. The van der Waals surface area contributed by atoms with Gasteiger partial charge in [-0.05, 0) is 77.5 Å². The van der Waals surface area contributed by atoms with E-state index < -0.39 is 0 Å². The number of likely N-dealkylation sites (N-methyl/N-ethyl adjacent to an activating group) is 1. The van der Waals surface area contributed by atoms with Crippen LogP contribution < -0.4 is 0 Å². The summed E-state index contributed by atoms with van der Waals surface area (Å²) in [5, 5.41) is 0.677. The van der Waals surface area contributed by atoms with Gasteiger partial charge in [0.1, 0.15) is 11.5 Å². The highest BCUT2D eigenvalue weighted by Gasteiger charge is 2.26. The van der Waals surface area contributed by atoms with Crippen molar-refractivity contribution in [3.8, 4) is 11.5 Å². The molecule has 7 heteroatoms. The van der Waals surface area contributed by atoms with Gasteiger partial charge in [-0.2, -0.15) is 0 Å². The normalized spacial score (nSPS) is 19.2. The lowest BCUT2D eigenvalue weighted by Crippen LogP contribution is -2.44. The van der Waals surface area contributed by atoms with Gasteiger partial charge in [-0.3, -0.25) is 9.69 Å². The van der Waals surface area contributed by atoms with Crippen molar-refractivity contribution in [3.63, 3.8) is 0 Å². The Kier molecular flexibility index (Phi) is 8.58. The lowest BCUT2D eigenvalue weighted by molar-refractivity contribution is -0.124. The SMILES string of the molecule is Cc1oc(-c2cccc(Cl)c2)nc1CN1CCC(C(=O)CCCCN2CCN(C)CC2)CC1. The summed E-state index contributed by atoms with van der Waals surface area (Å²) in [7, 11) is 2.19. The second-order valence-electron chi connectivity index (χ2n) is 9.65. The average molecular weight is 473 g/mol. The van der Waals surface area contributed by atoms with Crippen LogP contribution in [0.2, 0.25) is 5.02 Å². The van der Waals surface area contributed by atoms with E-state index in [2.05, 4.69) is 21.7 Å². The molecule has 180 valence electrons. The largest absolute Gasteiger partial charge is 0.441 e. The molecule has 0 amide bonds. The minimum absolute atomic E-state index is 0.227. The summed E-state index contributed by atoms with van der Waals surface area (Å²) in [6.07, 6.45) is 4.80. The van der Waals surface area contributed by atoms with Crippen LogP contribution in [0.15, 0.2) is 28.7 Å². The van der Waals surface area contributed by atoms with Gasteiger partial charge < -0.3 is 14.2 Å². The van der Waals surface area contributed by atoms with Crippen LogP contribution >= 0.6 is 11.6 Å². The van der Waals surface area contributed by atoms with Crippen molar-refractivity contribution < 1.29 is 9.21 Å². The van der Waals surface area contributed by atoms with Crippen molar-refractivity contribution in [1.82, 2.24) is 19.7 Å². The fourth-order valence-corrected chi connectivity index (χ4v) is 5.05. The van der Waals surface area contributed by atoms with E-state index in [4.69, 9.17) is 21.0 Å². The van der Waals surface area contributed by atoms with Crippen molar-refractivity contribution in [2.75, 3.05) is 52.9 Å². The Labute approximate surface area is 202 Å². The van der Waals surface area contributed by atoms with E-state index in [1.165, 1.54) is 0 Å². The molecule has 0 N–H and O–H groups in total. The molecule has 0 saturated carbocycles. The van der Waals surface area contributed by atoms with E-state index in [1.807, 2.05) is 31.2 Å². The summed E-state index contributed by atoms with van der Waals surface area (Å²) in [6, 6.07) is 7.59. The molecule has 2 aromatic rings. The van der Waals surface area contributed by atoms with Gasteiger partial charge in [0.05, 0.1) is 5.69 Å². The van der Waals surface area contributed by atoms with E-state index in [0.717, 1.165) is 101 Å². The monoisotopic (exact) mass is 472 g/mol. The number of rotatable bonds is 9. The Morgan fingerprint density at radius 3 is 2.58 bits per heavy atom. The first-order chi connectivity index (χ1) is 16.0. The van der Waals surface area contributed by atoms with Gasteiger partial charge in [0.15, 0.2) is 0 Å². The first-order valence-electron chi connectivity index (χ1n) is 12.4. The number of nitrogens with zero attached hydrogens (tertiary/aromatic N) is 4. The maximum Gasteiger partial charge on any atom is 0.226 e. The van der Waals surface area contributed by atoms with E-state index >= 15 is 0 Å². The van der Waals surface area contributed by atoms with Crippen molar-refractivity contribution in [2.24, 2.45) is 5.92 Å². The highest BCUT2D eigenvalue weighted by Crippen LogP contribution is 2.27. The molecule has 1 aromatic carbocycles. The molecule has 2 aliphatic heterocycles. The number of likely N-dealkylation sites (tertiary alicyclic amines) is 1. The smallest absolute Gasteiger partial charge is 0.226 e. The lowest BCUT2D eigenvalue weighted by atomic mass is 9.90. The molecule has 0 unspecified atom stereocenters. The highest BCUT2D eigenvalue weighted by molar-refractivity contribution is 6.30. The van der Waals surface area contributed by atoms with Gasteiger partial charge in [-0.25, -0.2) is 4.98 Å². The fraction of sp³-hybridized carbons (Fsp3) is 0.615. The molecule has 0 bridgehead atoms. The number of piperazine rings is 1. The molecular formula is C26H37ClN4O2. The number of Topliss-reactive ketones (excluding diaryl/α,β-unsaturated/α-hetero) is 1. The molecule has 33 heavy (non-hydrogen) atoms. The molecular weight excluding hydrogens is 436 g/mol. The molecule has 2 fully saturated rings. The van der Waals surface area contributed by atoms with Crippen LogP contribution in [0.3, 0.4) is 0 Å². The third-order valence-electron chi connectivity index (χ3n) is 7.12. The van der Waals surface area contributed by atoms with Gasteiger partial charge >= 0.3 is 0 Å². The van der Waals surface area contributed by atoms with Gasteiger partial charge in [-0.15, -0.1) is 0 Å². The van der Waals surface area contributed by atoms with E-state index in [9.17, 15) is 4.79 Å². The number of unbranched alkanes of at least 4 members (excludes halogenated alkanes) is 1. The summed E-state index contributed by atoms with van der Waals surface area (Å²) in [5.41, 5.74) is 1.87. The van der Waals surface area contributed by atoms with E-state index in [1.54, 1.807) is 0 Å². The summed E-state index contributed by atoms with van der Waals surface area (Å²) in [5.74, 6) is 2.16. The topological polar surface area (TPSA) is 52.8 Å². The first kappa shape index (κ1) is 24.4. The van der Waals surface area contributed by atoms with Crippen molar-refractivity contribution in [1.29, 1.82) is 0 Å². The number of oxazole rings is 1. The van der Waals surface area contributed by atoms with Crippen LogP contribution in [-0.4, -0.2) is 78.3 Å². The number of ketones is 1. The van der Waals surface area contributed by atoms with Crippen LogP contribution in [0.5, 0.6) is 0 Å². The highest BCUT2D eigenvalue weighted by atomic mass is 35.5. The Balaban J connectivity index is 1.17. The Hall–Kier alpha value is -1.73. The number of carbonyl (C=O) groups excluding carboxylic acids is 1. The molecule has 3 heterocycles. The average Bonchev–Trinajstić information content (AvgIpc) is 3.18. The number of carbonyl (C=O) groups is 1. The van der Waals surface area contributed by atoms with E-state index in [-0.39, 0.29) is 5.92 Å². The number of piperidine rings is 1. The van der Waals surface area contributed by atoms with Crippen LogP contribution in [0, 0.1) is 12.8 Å². The van der Waals surface area contributed by atoms with E-state index in [0.29, 0.717) is 16.7 Å². The molecule has 1 aromatic heterocycles. The van der Waals surface area contributed by atoms with Crippen LogP contribution in [-0.2, 0) is 11.3 Å². The Bertz CT molecular complexity index is 915. The van der Waals surface area contributed by atoms with Crippen molar-refractivity contribution in [2.45, 2.75) is 45.6 Å². The zero-order valence-corrected chi connectivity index (χ0v) is 20.8. The van der Waals surface area contributed by atoms with Gasteiger partial charge in [0, 0.05) is 55.6 Å². The molecule has 0 spiro atoms. The zero-order valence-electron chi connectivity index (χ0n) is 20.1. The predicted octanol–water partition coefficient (Wildman–Crippen LogP) is 4.50. The second-order valence-corrected chi connectivity index (χ2v) is 10.1. The molecule has 2 saturated heterocycles. The third kappa shape index (κ3) is 6.89. The summed E-state index contributed by atoms with van der Waals surface area (Å²) < 4.78 is 5.90. The lowest BCUT2D eigenvalue weighted by Gasteiger charge is -2.32. The number of hydrogen-bond donors (Lipinski definition) is 0. The molecule has 0 aliphatic carbocycles. The molecule has 0 radical (unpaired) electrons. The summed E-state index contributed by atoms with van der Waals surface area (Å²) in [6.45, 7) is 10.4. The number of benzene rings is 1. The molecule has 0 atom stereocenters. The number of hydrogen-bond acceptors (Lipinski definition) is 6. The Morgan fingerprint density at radius 1 is 1.09 bits per heavy atom. The maximum absolute atomic E-state index is 12.7. The van der Waals surface area contributed by atoms with Gasteiger partial charge in [0.25, 0.3) is 0 Å². The number of aryl methyl sites for hydroxylation is 1. The van der Waals surface area contributed by atoms with Crippen molar-refractivity contribution >= 4 is 17.4 Å². The molecule has 6 nitrogen and oxygen atoms in total. The standard InChI is InChI=1S/C26H37ClN4O2/c1-20-24(28-26(33-20)22-6-5-7-23(27)18-22)19-31-12-9-21(10-13-31)25(32)8-3-4-11-30-16-14-29(2)15-17-30/h5-7,18,21H,3-4,8-17,19H2,1-2H3. The summed E-state index contributed by atoms with van der Waals surface area (Å²) >= 11 is 6.11. The minimum atomic E-state index is 0.227. The fourth-order valence-electron chi connectivity index (χ4n) is 4.85.